The van der Waals surface area contributed by atoms with Crippen LogP contribution in [0.2, 0.25) is 0 Å². The van der Waals surface area contributed by atoms with E-state index in [4.69, 9.17) is 4.74 Å². The number of pyridine rings is 1. The first-order valence-electron chi connectivity index (χ1n) is 5.61. The van der Waals surface area contributed by atoms with E-state index in [0.717, 1.165) is 11.4 Å². The first-order chi connectivity index (χ1) is 8.27. The summed E-state index contributed by atoms with van der Waals surface area (Å²) in [5, 5.41) is 0. The first-order valence-corrected chi connectivity index (χ1v) is 5.61. The summed E-state index contributed by atoms with van der Waals surface area (Å²) in [5.74, 6) is 1.15. The van der Waals surface area contributed by atoms with Gasteiger partial charge in [-0.3, -0.25) is 4.98 Å². The van der Waals surface area contributed by atoms with Crippen molar-refractivity contribution in [3.63, 3.8) is 0 Å². The zero-order valence-corrected chi connectivity index (χ0v) is 10.00. The smallest absolute Gasteiger partial charge is 0.165 e. The predicted octanol–water partition coefficient (Wildman–Crippen LogP) is 2.57. The van der Waals surface area contributed by atoms with Crippen LogP contribution in [0.5, 0.6) is 5.75 Å². The molecule has 2 aromatic rings. The van der Waals surface area contributed by atoms with Gasteiger partial charge >= 0.3 is 0 Å². The summed E-state index contributed by atoms with van der Waals surface area (Å²) in [7, 11) is 0. The molecule has 0 atom stereocenters. The van der Waals surface area contributed by atoms with Crippen LogP contribution in [0.3, 0.4) is 0 Å². The molecule has 17 heavy (non-hydrogen) atoms. The Morgan fingerprint density at radius 2 is 2.12 bits per heavy atom. The number of hydrogen-bond donors (Lipinski definition) is 0. The van der Waals surface area contributed by atoms with E-state index in [1.807, 2.05) is 18.2 Å². The van der Waals surface area contributed by atoms with Gasteiger partial charge in [-0.25, -0.2) is 9.97 Å². The molecule has 2 heterocycles. The molecule has 0 bridgehead atoms. The highest BCUT2D eigenvalue weighted by Gasteiger charge is 2.09. The van der Waals surface area contributed by atoms with Gasteiger partial charge < -0.3 is 4.74 Å². The fourth-order valence-corrected chi connectivity index (χ4v) is 1.37. The molecule has 2 aromatic heterocycles. The highest BCUT2D eigenvalue weighted by molar-refractivity contribution is 5.61. The third-order valence-electron chi connectivity index (χ3n) is 2.16. The summed E-state index contributed by atoms with van der Waals surface area (Å²) in [6.07, 6.45) is 4.93. The Labute approximate surface area is 101 Å². The standard InChI is InChI=1S/C13H15N3O/c1-10(2)8-17-12-7-14-9-16-13(12)11-5-3-4-6-15-11/h3-7,9-10H,8H2,1-2H3. The van der Waals surface area contributed by atoms with Crippen molar-refractivity contribution in [2.75, 3.05) is 6.61 Å². The van der Waals surface area contributed by atoms with Crippen molar-refractivity contribution in [3.05, 3.63) is 36.9 Å². The summed E-state index contributed by atoms with van der Waals surface area (Å²) < 4.78 is 5.69. The average molecular weight is 229 g/mol. The van der Waals surface area contributed by atoms with Gasteiger partial charge in [-0.05, 0) is 18.1 Å². The summed E-state index contributed by atoms with van der Waals surface area (Å²) in [4.78, 5) is 12.5. The molecule has 0 unspecified atom stereocenters. The normalized spacial score (nSPS) is 10.5. The number of nitrogens with zero attached hydrogens (tertiary/aromatic N) is 3. The summed E-state index contributed by atoms with van der Waals surface area (Å²) in [6, 6.07) is 5.71. The largest absolute Gasteiger partial charge is 0.489 e. The van der Waals surface area contributed by atoms with Gasteiger partial charge in [0.05, 0.1) is 18.5 Å². The molecule has 0 N–H and O–H groups in total. The molecule has 0 radical (unpaired) electrons. The molecule has 0 amide bonds. The highest BCUT2D eigenvalue weighted by atomic mass is 16.5. The monoisotopic (exact) mass is 229 g/mol. The topological polar surface area (TPSA) is 47.9 Å². The van der Waals surface area contributed by atoms with E-state index < -0.39 is 0 Å². The van der Waals surface area contributed by atoms with E-state index in [0.29, 0.717) is 18.3 Å². The van der Waals surface area contributed by atoms with Crippen LogP contribution in [0.15, 0.2) is 36.9 Å². The molecule has 0 spiro atoms. The Morgan fingerprint density at radius 1 is 1.24 bits per heavy atom. The van der Waals surface area contributed by atoms with Gasteiger partial charge in [0, 0.05) is 6.20 Å². The Hall–Kier alpha value is -1.97. The molecule has 0 saturated carbocycles. The fraction of sp³-hybridized carbons (Fsp3) is 0.308. The summed E-state index contributed by atoms with van der Waals surface area (Å²) in [6.45, 7) is 4.85. The maximum atomic E-state index is 5.69. The summed E-state index contributed by atoms with van der Waals surface area (Å²) in [5.41, 5.74) is 1.54. The lowest BCUT2D eigenvalue weighted by Gasteiger charge is -2.11. The van der Waals surface area contributed by atoms with Gasteiger partial charge in [-0.1, -0.05) is 19.9 Å². The van der Waals surface area contributed by atoms with Gasteiger partial charge in [-0.15, -0.1) is 0 Å². The maximum Gasteiger partial charge on any atom is 0.165 e. The lowest BCUT2D eigenvalue weighted by molar-refractivity contribution is 0.270. The van der Waals surface area contributed by atoms with Crippen LogP contribution in [-0.4, -0.2) is 21.6 Å². The van der Waals surface area contributed by atoms with Crippen LogP contribution in [0.1, 0.15) is 13.8 Å². The van der Waals surface area contributed by atoms with Crippen molar-refractivity contribution in [1.29, 1.82) is 0 Å². The average Bonchev–Trinajstić information content (AvgIpc) is 2.38. The minimum Gasteiger partial charge on any atom is -0.489 e. The molecule has 88 valence electrons. The van der Waals surface area contributed by atoms with Crippen molar-refractivity contribution < 1.29 is 4.74 Å². The zero-order valence-electron chi connectivity index (χ0n) is 10.00. The van der Waals surface area contributed by atoms with E-state index in [2.05, 4.69) is 28.8 Å². The third kappa shape index (κ3) is 3.00. The van der Waals surface area contributed by atoms with Gasteiger partial charge in [0.1, 0.15) is 12.0 Å². The van der Waals surface area contributed by atoms with E-state index in [1.165, 1.54) is 6.33 Å². The number of aromatic nitrogens is 3. The maximum absolute atomic E-state index is 5.69. The minimum atomic E-state index is 0.465. The Bertz CT molecular complexity index is 471. The van der Waals surface area contributed by atoms with Crippen molar-refractivity contribution in [1.82, 2.24) is 15.0 Å². The van der Waals surface area contributed by atoms with Crippen LogP contribution in [0.4, 0.5) is 0 Å². The van der Waals surface area contributed by atoms with E-state index in [9.17, 15) is 0 Å². The van der Waals surface area contributed by atoms with Gasteiger partial charge in [0.15, 0.2) is 5.75 Å². The van der Waals surface area contributed by atoms with Gasteiger partial charge in [0.25, 0.3) is 0 Å². The molecule has 2 rings (SSSR count). The van der Waals surface area contributed by atoms with Crippen LogP contribution in [0.25, 0.3) is 11.4 Å². The molecular formula is C13H15N3O. The minimum absolute atomic E-state index is 0.465. The van der Waals surface area contributed by atoms with Crippen LogP contribution in [-0.2, 0) is 0 Å². The highest BCUT2D eigenvalue weighted by Crippen LogP contribution is 2.24. The molecule has 0 aromatic carbocycles. The van der Waals surface area contributed by atoms with E-state index in [1.54, 1.807) is 12.4 Å². The Morgan fingerprint density at radius 3 is 2.82 bits per heavy atom. The number of ether oxygens (including phenoxy) is 1. The van der Waals surface area contributed by atoms with Crippen molar-refractivity contribution in [2.24, 2.45) is 5.92 Å². The van der Waals surface area contributed by atoms with Gasteiger partial charge in [0.2, 0.25) is 0 Å². The van der Waals surface area contributed by atoms with Crippen molar-refractivity contribution in [2.45, 2.75) is 13.8 Å². The van der Waals surface area contributed by atoms with E-state index >= 15 is 0 Å². The second-order valence-electron chi connectivity index (χ2n) is 4.16. The lowest BCUT2D eigenvalue weighted by atomic mass is 10.2. The second kappa shape index (κ2) is 5.39. The first kappa shape index (κ1) is 11.5. The van der Waals surface area contributed by atoms with Crippen LogP contribution >= 0.6 is 0 Å². The second-order valence-corrected chi connectivity index (χ2v) is 4.16. The Balaban J connectivity index is 2.28. The molecule has 0 fully saturated rings. The summed E-state index contributed by atoms with van der Waals surface area (Å²) >= 11 is 0. The van der Waals surface area contributed by atoms with Crippen LogP contribution in [0, 0.1) is 5.92 Å². The molecule has 0 saturated heterocycles. The molecule has 4 heteroatoms. The molecule has 0 aliphatic heterocycles. The molecule has 0 aliphatic rings. The van der Waals surface area contributed by atoms with Crippen molar-refractivity contribution >= 4 is 0 Å². The zero-order chi connectivity index (χ0) is 12.1. The number of rotatable bonds is 4. The number of hydrogen-bond acceptors (Lipinski definition) is 4. The van der Waals surface area contributed by atoms with E-state index in [-0.39, 0.29) is 0 Å². The van der Waals surface area contributed by atoms with Crippen LogP contribution < -0.4 is 4.74 Å². The third-order valence-corrected chi connectivity index (χ3v) is 2.16. The molecule has 0 aliphatic carbocycles. The quantitative estimate of drug-likeness (QED) is 0.808. The SMILES string of the molecule is CC(C)COc1cncnc1-c1ccccn1. The predicted molar refractivity (Wildman–Crippen MR) is 65.6 cm³/mol. The van der Waals surface area contributed by atoms with Crippen molar-refractivity contribution in [3.8, 4) is 17.1 Å². The molecular weight excluding hydrogens is 214 g/mol. The fourth-order valence-electron chi connectivity index (χ4n) is 1.37. The van der Waals surface area contributed by atoms with Gasteiger partial charge in [-0.2, -0.15) is 0 Å². The lowest BCUT2D eigenvalue weighted by Crippen LogP contribution is -2.06. The molecule has 4 nitrogen and oxygen atoms in total. The Kier molecular flexibility index (Phi) is 3.65.